The van der Waals surface area contributed by atoms with Gasteiger partial charge in [0.15, 0.2) is 0 Å². The van der Waals surface area contributed by atoms with Gasteiger partial charge in [-0.2, -0.15) is 0 Å². The topological polar surface area (TPSA) is 29.5 Å². The number of para-hydroxylation sites is 1. The van der Waals surface area contributed by atoms with E-state index in [9.17, 15) is 4.79 Å². The highest BCUT2D eigenvalue weighted by Gasteiger charge is 2.01. The molecule has 0 aliphatic heterocycles. The van der Waals surface area contributed by atoms with Crippen LogP contribution in [0.3, 0.4) is 0 Å². The van der Waals surface area contributed by atoms with E-state index in [0.717, 1.165) is 23.5 Å². The van der Waals surface area contributed by atoms with E-state index in [-0.39, 0.29) is 0 Å². The molecule has 0 spiro atoms. The quantitative estimate of drug-likeness (QED) is 0.753. The summed E-state index contributed by atoms with van der Waals surface area (Å²) in [5, 5.41) is 0. The molecule has 0 saturated carbocycles. The van der Waals surface area contributed by atoms with Crippen molar-refractivity contribution >= 4 is 12.0 Å². The van der Waals surface area contributed by atoms with E-state index in [0.29, 0.717) is 6.54 Å². The molecule has 92 valence electrons. The van der Waals surface area contributed by atoms with Gasteiger partial charge in [0.25, 0.3) is 0 Å². The number of carbonyl (C=O) groups excluding carboxylic acids is 1. The Labute approximate surface area is 107 Å². The number of hydrogen-bond donors (Lipinski definition) is 0. The van der Waals surface area contributed by atoms with E-state index in [2.05, 4.69) is 0 Å². The Hall–Kier alpha value is -2.29. The van der Waals surface area contributed by atoms with E-state index in [1.807, 2.05) is 66.5 Å². The first-order chi connectivity index (χ1) is 8.79. The maximum atomic E-state index is 10.4. The Morgan fingerprint density at radius 1 is 1.00 bits per heavy atom. The van der Waals surface area contributed by atoms with E-state index >= 15 is 0 Å². The van der Waals surface area contributed by atoms with Crippen LogP contribution in [0.15, 0.2) is 54.6 Å². The highest BCUT2D eigenvalue weighted by molar-refractivity contribution is 5.61. The summed E-state index contributed by atoms with van der Waals surface area (Å²) in [5.74, 6) is 1.59. The molecule has 0 heterocycles. The number of anilines is 1. The predicted octanol–water partition coefficient (Wildman–Crippen LogP) is 3.11. The van der Waals surface area contributed by atoms with Gasteiger partial charge in [0.1, 0.15) is 17.8 Å². The Morgan fingerprint density at radius 2 is 1.61 bits per heavy atom. The minimum Gasteiger partial charge on any atom is -0.457 e. The van der Waals surface area contributed by atoms with Gasteiger partial charge in [-0.15, -0.1) is 0 Å². The third kappa shape index (κ3) is 3.10. The van der Waals surface area contributed by atoms with Crippen molar-refractivity contribution in [1.82, 2.24) is 0 Å². The van der Waals surface area contributed by atoms with Crippen LogP contribution in [0.4, 0.5) is 5.69 Å². The number of hydrogen-bond acceptors (Lipinski definition) is 3. The second kappa shape index (κ2) is 5.87. The highest BCUT2D eigenvalue weighted by Crippen LogP contribution is 2.23. The van der Waals surface area contributed by atoms with Crippen LogP contribution in [-0.2, 0) is 4.79 Å². The molecule has 2 aromatic carbocycles. The second-order valence-electron chi connectivity index (χ2n) is 3.96. The summed E-state index contributed by atoms with van der Waals surface area (Å²) in [5.41, 5.74) is 0.988. The normalized spacial score (nSPS) is 9.83. The number of ether oxygens (including phenoxy) is 1. The van der Waals surface area contributed by atoms with Gasteiger partial charge in [-0.3, -0.25) is 0 Å². The number of nitrogens with zero attached hydrogens (tertiary/aromatic N) is 1. The Balaban J connectivity index is 2.06. The molecular formula is C15H15NO2. The lowest BCUT2D eigenvalue weighted by atomic mass is 10.3. The molecule has 3 nitrogen and oxygen atoms in total. The molecule has 0 saturated heterocycles. The summed E-state index contributed by atoms with van der Waals surface area (Å²) in [6.07, 6.45) is 0.883. The summed E-state index contributed by atoms with van der Waals surface area (Å²) in [7, 11) is 1.88. The van der Waals surface area contributed by atoms with E-state index < -0.39 is 0 Å². The van der Waals surface area contributed by atoms with Crippen molar-refractivity contribution in [2.24, 2.45) is 0 Å². The molecule has 0 bridgehead atoms. The number of benzene rings is 2. The van der Waals surface area contributed by atoms with Gasteiger partial charge in [-0.05, 0) is 36.4 Å². The van der Waals surface area contributed by atoms with Crippen LogP contribution in [0.5, 0.6) is 11.5 Å². The van der Waals surface area contributed by atoms with Crippen LogP contribution >= 0.6 is 0 Å². The van der Waals surface area contributed by atoms with Crippen LogP contribution < -0.4 is 9.64 Å². The van der Waals surface area contributed by atoms with Crippen molar-refractivity contribution in [3.05, 3.63) is 54.6 Å². The van der Waals surface area contributed by atoms with Gasteiger partial charge in [-0.1, -0.05) is 18.2 Å². The van der Waals surface area contributed by atoms with Crippen molar-refractivity contribution in [2.75, 3.05) is 18.5 Å². The van der Waals surface area contributed by atoms with Crippen LogP contribution in [0.1, 0.15) is 0 Å². The monoisotopic (exact) mass is 241 g/mol. The minimum absolute atomic E-state index is 0.388. The second-order valence-corrected chi connectivity index (χ2v) is 3.96. The molecule has 3 heteroatoms. The lowest BCUT2D eigenvalue weighted by Gasteiger charge is -2.16. The summed E-state index contributed by atoms with van der Waals surface area (Å²) in [6, 6.07) is 17.3. The van der Waals surface area contributed by atoms with E-state index in [4.69, 9.17) is 4.74 Å². The van der Waals surface area contributed by atoms with E-state index in [1.165, 1.54) is 0 Å². The first-order valence-electron chi connectivity index (χ1n) is 5.77. The molecule has 0 fully saturated rings. The maximum Gasteiger partial charge on any atom is 0.139 e. The SMILES string of the molecule is CN(CC=O)c1ccc(Oc2ccccc2)cc1. The summed E-state index contributed by atoms with van der Waals surface area (Å²) in [4.78, 5) is 12.3. The standard InChI is InChI=1S/C15H15NO2/c1-16(11-12-17)13-7-9-15(10-8-13)18-14-5-3-2-4-6-14/h2-10,12H,11H2,1H3. The Morgan fingerprint density at radius 3 is 2.22 bits per heavy atom. The van der Waals surface area contributed by atoms with Gasteiger partial charge < -0.3 is 14.4 Å². The van der Waals surface area contributed by atoms with Crippen molar-refractivity contribution < 1.29 is 9.53 Å². The molecule has 0 N–H and O–H groups in total. The average molecular weight is 241 g/mol. The smallest absolute Gasteiger partial charge is 0.139 e. The largest absolute Gasteiger partial charge is 0.457 e. The molecule has 2 aromatic rings. The molecular weight excluding hydrogens is 226 g/mol. The van der Waals surface area contributed by atoms with Gasteiger partial charge in [-0.25, -0.2) is 0 Å². The van der Waals surface area contributed by atoms with Crippen molar-refractivity contribution in [1.29, 1.82) is 0 Å². The molecule has 0 aliphatic carbocycles. The molecule has 0 amide bonds. The molecule has 0 radical (unpaired) electrons. The number of carbonyl (C=O) groups is 1. The highest BCUT2D eigenvalue weighted by atomic mass is 16.5. The third-order valence-corrected chi connectivity index (χ3v) is 2.60. The lowest BCUT2D eigenvalue weighted by Crippen LogP contribution is -2.18. The average Bonchev–Trinajstić information content (AvgIpc) is 2.41. The zero-order valence-corrected chi connectivity index (χ0v) is 10.2. The van der Waals surface area contributed by atoms with Crippen LogP contribution in [0.25, 0.3) is 0 Å². The van der Waals surface area contributed by atoms with Gasteiger partial charge in [0.2, 0.25) is 0 Å². The fourth-order valence-electron chi connectivity index (χ4n) is 1.61. The van der Waals surface area contributed by atoms with Gasteiger partial charge in [0, 0.05) is 12.7 Å². The Kier molecular flexibility index (Phi) is 3.97. The van der Waals surface area contributed by atoms with Crippen molar-refractivity contribution in [2.45, 2.75) is 0 Å². The Bertz CT molecular complexity index is 494. The summed E-state index contributed by atoms with van der Waals surface area (Å²) in [6.45, 7) is 0.388. The maximum absolute atomic E-state index is 10.4. The van der Waals surface area contributed by atoms with E-state index in [1.54, 1.807) is 0 Å². The number of likely N-dealkylation sites (N-methyl/N-ethyl adjacent to an activating group) is 1. The summed E-state index contributed by atoms with van der Waals surface area (Å²) >= 11 is 0. The minimum atomic E-state index is 0.388. The predicted molar refractivity (Wildman–Crippen MR) is 72.3 cm³/mol. The van der Waals surface area contributed by atoms with Crippen molar-refractivity contribution in [3.63, 3.8) is 0 Å². The van der Waals surface area contributed by atoms with Gasteiger partial charge in [0.05, 0.1) is 6.54 Å². The van der Waals surface area contributed by atoms with Gasteiger partial charge >= 0.3 is 0 Å². The zero-order chi connectivity index (χ0) is 12.8. The van der Waals surface area contributed by atoms with Crippen molar-refractivity contribution in [3.8, 4) is 11.5 Å². The third-order valence-electron chi connectivity index (χ3n) is 2.60. The molecule has 2 rings (SSSR count). The molecule has 0 atom stereocenters. The zero-order valence-electron chi connectivity index (χ0n) is 10.2. The fraction of sp³-hybridized carbons (Fsp3) is 0.133. The number of aldehydes is 1. The molecule has 0 unspecified atom stereocenters. The summed E-state index contributed by atoms with van der Waals surface area (Å²) < 4.78 is 5.68. The van der Waals surface area contributed by atoms with Crippen LogP contribution in [-0.4, -0.2) is 19.9 Å². The first kappa shape index (κ1) is 12.2. The first-order valence-corrected chi connectivity index (χ1v) is 5.77. The molecule has 0 aromatic heterocycles. The molecule has 18 heavy (non-hydrogen) atoms. The lowest BCUT2D eigenvalue weighted by molar-refractivity contribution is -0.106. The van der Waals surface area contributed by atoms with Crippen LogP contribution in [0, 0.1) is 0 Å². The number of rotatable bonds is 5. The molecule has 0 aliphatic rings. The fourth-order valence-corrected chi connectivity index (χ4v) is 1.61. The van der Waals surface area contributed by atoms with Crippen LogP contribution in [0.2, 0.25) is 0 Å².